The number of ether oxygens (including phenoxy) is 2. The molecule has 0 unspecified atom stereocenters. The Morgan fingerprint density at radius 3 is 2.31 bits per heavy atom. The van der Waals surface area contributed by atoms with E-state index in [9.17, 15) is 14.0 Å². The van der Waals surface area contributed by atoms with Crippen LogP contribution in [-0.2, 0) is 14.9 Å². The highest BCUT2D eigenvalue weighted by Crippen LogP contribution is 2.39. The van der Waals surface area contributed by atoms with Gasteiger partial charge in [-0.3, -0.25) is 4.79 Å². The fourth-order valence-electron chi connectivity index (χ4n) is 3.50. The molecule has 2 rings (SSSR count). The maximum absolute atomic E-state index is 13.1. The normalized spacial score (nSPS) is 16.8. The van der Waals surface area contributed by atoms with Crippen LogP contribution in [-0.4, -0.2) is 30.8 Å². The van der Waals surface area contributed by atoms with Gasteiger partial charge in [-0.15, -0.1) is 0 Å². The van der Waals surface area contributed by atoms with Gasteiger partial charge in [-0.05, 0) is 51.3 Å². The summed E-state index contributed by atoms with van der Waals surface area (Å²) in [5, 5.41) is 2.50. The Bertz CT molecular complexity index is 732. The van der Waals surface area contributed by atoms with Crippen LogP contribution >= 0.6 is 0 Å². The van der Waals surface area contributed by atoms with E-state index in [4.69, 9.17) is 15.2 Å². The number of nitrogens with one attached hydrogen (secondary N) is 1. The summed E-state index contributed by atoms with van der Waals surface area (Å²) < 4.78 is 23.8. The zero-order valence-electron chi connectivity index (χ0n) is 17.4. The molecule has 0 aliphatic heterocycles. The lowest BCUT2D eigenvalue weighted by atomic mass is 9.69. The molecule has 0 bridgehead atoms. The molecule has 7 heteroatoms. The van der Waals surface area contributed by atoms with E-state index in [0.29, 0.717) is 12.1 Å². The van der Waals surface area contributed by atoms with Crippen molar-refractivity contribution in [1.29, 1.82) is 0 Å². The van der Waals surface area contributed by atoms with E-state index >= 15 is 0 Å². The average Bonchev–Trinajstić information content (AvgIpc) is 2.67. The van der Waals surface area contributed by atoms with Crippen LogP contribution in [0.1, 0.15) is 58.4 Å². The number of nitrogens with two attached hydrogens (primary N) is 1. The zero-order valence-corrected chi connectivity index (χ0v) is 17.4. The van der Waals surface area contributed by atoms with Crippen molar-refractivity contribution < 1.29 is 23.5 Å². The van der Waals surface area contributed by atoms with E-state index in [1.807, 2.05) is 12.1 Å². The van der Waals surface area contributed by atoms with Crippen molar-refractivity contribution in [3.05, 3.63) is 41.7 Å². The number of alkyl carbamates (subject to hydrolysis) is 1. The van der Waals surface area contributed by atoms with Gasteiger partial charge >= 0.3 is 6.09 Å². The Kier molecular flexibility index (Phi) is 7.65. The van der Waals surface area contributed by atoms with Crippen molar-refractivity contribution in [2.45, 2.75) is 63.9 Å². The Hall–Kier alpha value is -2.57. The summed E-state index contributed by atoms with van der Waals surface area (Å²) in [5.74, 6) is 0.252. The van der Waals surface area contributed by atoms with Gasteiger partial charge in [0.1, 0.15) is 18.0 Å². The van der Waals surface area contributed by atoms with Crippen LogP contribution in [0.5, 0.6) is 5.75 Å². The number of benzene rings is 1. The molecule has 1 aliphatic carbocycles. The third-order valence-corrected chi connectivity index (χ3v) is 5.02. The smallest absolute Gasteiger partial charge is 0.407 e. The van der Waals surface area contributed by atoms with E-state index in [2.05, 4.69) is 5.32 Å². The highest BCUT2D eigenvalue weighted by Gasteiger charge is 2.39. The molecule has 6 nitrogen and oxygen atoms in total. The van der Waals surface area contributed by atoms with E-state index in [1.165, 1.54) is 0 Å². The van der Waals surface area contributed by atoms with E-state index in [-0.39, 0.29) is 24.6 Å². The molecular weight excluding hydrogens is 375 g/mol. The van der Waals surface area contributed by atoms with Crippen LogP contribution in [0, 0.1) is 0 Å². The topological polar surface area (TPSA) is 90.7 Å². The summed E-state index contributed by atoms with van der Waals surface area (Å²) in [5.41, 5.74) is 5.64. The molecule has 0 atom stereocenters. The number of carbonyl (C=O) groups is 2. The maximum atomic E-state index is 13.1. The lowest BCUT2D eigenvalue weighted by Gasteiger charge is -2.34. The number of primary amides is 1. The summed E-state index contributed by atoms with van der Waals surface area (Å²) in [6, 6.07) is 7.21. The Morgan fingerprint density at radius 2 is 1.79 bits per heavy atom. The molecule has 3 N–H and O–H groups in total. The van der Waals surface area contributed by atoms with Crippen LogP contribution < -0.4 is 15.8 Å². The van der Waals surface area contributed by atoms with Gasteiger partial charge in [0.2, 0.25) is 5.91 Å². The SMILES string of the molecule is CC(C)(C)OC(=O)NCC(=CF)COc1ccc(C2(C(N)=O)CCCCC2)cc1. The molecule has 2 amide bonds. The Morgan fingerprint density at radius 1 is 1.17 bits per heavy atom. The van der Waals surface area contributed by atoms with Crippen LogP contribution in [0.25, 0.3) is 0 Å². The second-order valence-corrected chi connectivity index (χ2v) is 8.44. The summed E-state index contributed by atoms with van der Waals surface area (Å²) in [7, 11) is 0. The van der Waals surface area contributed by atoms with Crippen molar-refractivity contribution in [3.63, 3.8) is 0 Å². The fourth-order valence-corrected chi connectivity index (χ4v) is 3.50. The number of halogens is 1. The molecule has 0 saturated heterocycles. The first-order valence-corrected chi connectivity index (χ1v) is 9.94. The van der Waals surface area contributed by atoms with Crippen molar-refractivity contribution in [3.8, 4) is 5.75 Å². The first-order valence-electron chi connectivity index (χ1n) is 9.94. The molecule has 1 aliphatic rings. The van der Waals surface area contributed by atoms with E-state index in [1.54, 1.807) is 32.9 Å². The number of hydrogen-bond acceptors (Lipinski definition) is 4. The van der Waals surface area contributed by atoms with Gasteiger partial charge in [-0.1, -0.05) is 31.4 Å². The zero-order chi connectivity index (χ0) is 21.5. The fraction of sp³-hybridized carbons (Fsp3) is 0.545. The second kappa shape index (κ2) is 9.76. The summed E-state index contributed by atoms with van der Waals surface area (Å²) in [6.45, 7) is 5.21. The average molecular weight is 406 g/mol. The van der Waals surface area contributed by atoms with Gasteiger partial charge in [0.15, 0.2) is 0 Å². The quantitative estimate of drug-likeness (QED) is 0.712. The van der Waals surface area contributed by atoms with Crippen LogP contribution in [0.3, 0.4) is 0 Å². The monoisotopic (exact) mass is 406 g/mol. The summed E-state index contributed by atoms with van der Waals surface area (Å²) in [6.07, 6.45) is 4.39. The van der Waals surface area contributed by atoms with Crippen molar-refractivity contribution >= 4 is 12.0 Å². The van der Waals surface area contributed by atoms with Gasteiger partial charge in [0.05, 0.1) is 11.7 Å². The minimum absolute atomic E-state index is 0.0196. The van der Waals surface area contributed by atoms with Crippen LogP contribution in [0.4, 0.5) is 9.18 Å². The van der Waals surface area contributed by atoms with Crippen LogP contribution in [0.15, 0.2) is 36.2 Å². The van der Waals surface area contributed by atoms with Gasteiger partial charge in [0.25, 0.3) is 0 Å². The first-order chi connectivity index (χ1) is 13.7. The molecule has 1 aromatic rings. The molecule has 0 spiro atoms. The number of amides is 2. The molecule has 0 heterocycles. The minimum atomic E-state index is -0.622. The Labute approximate surface area is 171 Å². The lowest BCUT2D eigenvalue weighted by Crippen LogP contribution is -2.42. The third kappa shape index (κ3) is 6.48. The highest BCUT2D eigenvalue weighted by atomic mass is 19.1. The standard InChI is InChI=1S/C22H31FN2O4/c1-21(2,3)29-20(27)25-14-16(13-23)15-28-18-9-7-17(8-10-18)22(19(24)26)11-5-4-6-12-22/h7-10,13H,4-6,11-12,14-15H2,1-3H3,(H2,24,26)(H,25,27). The van der Waals surface area contributed by atoms with Crippen molar-refractivity contribution in [2.75, 3.05) is 13.2 Å². The van der Waals surface area contributed by atoms with Gasteiger partial charge < -0.3 is 20.5 Å². The van der Waals surface area contributed by atoms with Crippen LogP contribution in [0.2, 0.25) is 0 Å². The predicted molar refractivity (Wildman–Crippen MR) is 109 cm³/mol. The minimum Gasteiger partial charge on any atom is -0.489 e. The maximum Gasteiger partial charge on any atom is 0.407 e. The molecule has 29 heavy (non-hydrogen) atoms. The molecule has 0 aromatic heterocycles. The second-order valence-electron chi connectivity index (χ2n) is 8.44. The molecule has 1 fully saturated rings. The van der Waals surface area contributed by atoms with Crippen molar-refractivity contribution in [1.82, 2.24) is 5.32 Å². The number of carbonyl (C=O) groups excluding carboxylic acids is 2. The van der Waals surface area contributed by atoms with Gasteiger partial charge in [0, 0.05) is 12.1 Å². The molecule has 160 valence electrons. The van der Waals surface area contributed by atoms with Gasteiger partial charge in [-0.2, -0.15) is 0 Å². The molecule has 1 aromatic carbocycles. The number of hydrogen-bond donors (Lipinski definition) is 2. The lowest BCUT2D eigenvalue weighted by molar-refractivity contribution is -0.124. The first kappa shape index (κ1) is 22.7. The molecule has 1 saturated carbocycles. The van der Waals surface area contributed by atoms with Gasteiger partial charge in [-0.25, -0.2) is 9.18 Å². The molecular formula is C22H31FN2O4. The Balaban J connectivity index is 1.92. The van der Waals surface area contributed by atoms with E-state index in [0.717, 1.165) is 37.7 Å². The van der Waals surface area contributed by atoms with Crippen molar-refractivity contribution in [2.24, 2.45) is 5.73 Å². The predicted octanol–water partition coefficient (Wildman–Crippen LogP) is 4.13. The highest BCUT2D eigenvalue weighted by molar-refractivity contribution is 5.86. The largest absolute Gasteiger partial charge is 0.489 e. The summed E-state index contributed by atoms with van der Waals surface area (Å²) >= 11 is 0. The summed E-state index contributed by atoms with van der Waals surface area (Å²) in [4.78, 5) is 23.8. The third-order valence-electron chi connectivity index (χ3n) is 5.02. The van der Waals surface area contributed by atoms with E-state index < -0.39 is 17.1 Å². The number of rotatable bonds is 7. The molecule has 0 radical (unpaired) electrons.